The van der Waals surface area contributed by atoms with Crippen LogP contribution in [0.2, 0.25) is 0 Å². The van der Waals surface area contributed by atoms with E-state index in [1.54, 1.807) is 0 Å². The summed E-state index contributed by atoms with van der Waals surface area (Å²) in [6.45, 7) is -0.323. The van der Waals surface area contributed by atoms with E-state index in [0.717, 1.165) is 25.7 Å². The van der Waals surface area contributed by atoms with Crippen molar-refractivity contribution in [1.29, 1.82) is 0 Å². The SMILES string of the molecule is O=C(CSCC(O)CO)NC(=O)NC1CCCC1. The van der Waals surface area contributed by atoms with Crippen LogP contribution < -0.4 is 10.6 Å². The van der Waals surface area contributed by atoms with Crippen LogP contribution in [0.1, 0.15) is 25.7 Å². The van der Waals surface area contributed by atoms with Crippen LogP contribution >= 0.6 is 11.8 Å². The second-order valence-corrected chi connectivity index (χ2v) is 5.38. The van der Waals surface area contributed by atoms with Crippen molar-refractivity contribution >= 4 is 23.7 Å². The average molecular weight is 276 g/mol. The Morgan fingerprint density at radius 1 is 1.33 bits per heavy atom. The first-order chi connectivity index (χ1) is 8.61. The molecular weight excluding hydrogens is 256 g/mol. The third kappa shape index (κ3) is 6.23. The van der Waals surface area contributed by atoms with Crippen LogP contribution in [0.15, 0.2) is 0 Å². The molecular formula is C11H20N2O4S. The fourth-order valence-corrected chi connectivity index (χ4v) is 2.55. The minimum Gasteiger partial charge on any atom is -0.394 e. The molecule has 0 aromatic heterocycles. The molecule has 0 aliphatic heterocycles. The summed E-state index contributed by atoms with van der Waals surface area (Å²) in [4.78, 5) is 22.8. The summed E-state index contributed by atoms with van der Waals surface area (Å²) < 4.78 is 0. The fraction of sp³-hybridized carbons (Fsp3) is 0.818. The number of nitrogens with one attached hydrogen (secondary N) is 2. The minimum absolute atomic E-state index is 0.0924. The number of imide groups is 1. The Balaban J connectivity index is 2.09. The van der Waals surface area contributed by atoms with Gasteiger partial charge in [0.15, 0.2) is 0 Å². The lowest BCUT2D eigenvalue weighted by molar-refractivity contribution is -0.117. The average Bonchev–Trinajstić information content (AvgIpc) is 2.81. The number of carbonyl (C=O) groups excluding carboxylic acids is 2. The van der Waals surface area contributed by atoms with Crippen molar-refractivity contribution in [1.82, 2.24) is 10.6 Å². The summed E-state index contributed by atoms with van der Waals surface area (Å²) in [7, 11) is 0. The van der Waals surface area contributed by atoms with Crippen molar-refractivity contribution in [3.8, 4) is 0 Å². The van der Waals surface area contributed by atoms with E-state index in [-0.39, 0.29) is 30.1 Å². The Labute approximate surface area is 111 Å². The van der Waals surface area contributed by atoms with Crippen molar-refractivity contribution in [3.63, 3.8) is 0 Å². The van der Waals surface area contributed by atoms with Gasteiger partial charge in [-0.3, -0.25) is 10.1 Å². The van der Waals surface area contributed by atoms with Gasteiger partial charge in [-0.1, -0.05) is 12.8 Å². The van der Waals surface area contributed by atoms with Crippen LogP contribution in [0.25, 0.3) is 0 Å². The molecule has 1 unspecified atom stereocenters. The molecule has 6 nitrogen and oxygen atoms in total. The summed E-state index contributed by atoms with van der Waals surface area (Å²) in [5.74, 6) is -0.0239. The zero-order valence-corrected chi connectivity index (χ0v) is 11.0. The number of amides is 3. The molecule has 0 radical (unpaired) electrons. The Morgan fingerprint density at radius 3 is 2.61 bits per heavy atom. The lowest BCUT2D eigenvalue weighted by Gasteiger charge is -2.12. The number of hydrogen-bond acceptors (Lipinski definition) is 5. The molecule has 1 atom stereocenters. The second kappa shape index (κ2) is 8.34. The molecule has 3 amide bonds. The maximum Gasteiger partial charge on any atom is 0.321 e. The summed E-state index contributed by atoms with van der Waals surface area (Å²) >= 11 is 1.18. The topological polar surface area (TPSA) is 98.7 Å². The van der Waals surface area contributed by atoms with Gasteiger partial charge in [-0.15, -0.1) is 11.8 Å². The molecule has 0 bridgehead atoms. The number of carbonyl (C=O) groups is 2. The number of aliphatic hydroxyl groups excluding tert-OH is 2. The Bertz CT molecular complexity index is 282. The molecule has 0 saturated heterocycles. The van der Waals surface area contributed by atoms with Crippen LogP contribution in [-0.2, 0) is 4.79 Å². The Morgan fingerprint density at radius 2 is 2.00 bits per heavy atom. The van der Waals surface area contributed by atoms with Crippen molar-refractivity contribution in [2.24, 2.45) is 0 Å². The van der Waals surface area contributed by atoms with Gasteiger partial charge < -0.3 is 15.5 Å². The van der Waals surface area contributed by atoms with Crippen LogP contribution in [-0.4, -0.2) is 52.4 Å². The Hall–Kier alpha value is -0.790. The molecule has 104 valence electrons. The molecule has 0 aromatic carbocycles. The van der Waals surface area contributed by atoms with Gasteiger partial charge in [0, 0.05) is 11.8 Å². The maximum absolute atomic E-state index is 11.4. The van der Waals surface area contributed by atoms with E-state index < -0.39 is 12.1 Å². The summed E-state index contributed by atoms with van der Waals surface area (Å²) in [5.41, 5.74) is 0. The van der Waals surface area contributed by atoms with Crippen molar-refractivity contribution in [3.05, 3.63) is 0 Å². The lowest BCUT2D eigenvalue weighted by Crippen LogP contribution is -2.44. The molecule has 7 heteroatoms. The second-order valence-electron chi connectivity index (χ2n) is 4.35. The van der Waals surface area contributed by atoms with Crippen molar-refractivity contribution in [2.45, 2.75) is 37.8 Å². The number of urea groups is 1. The van der Waals surface area contributed by atoms with Gasteiger partial charge >= 0.3 is 6.03 Å². The standard InChI is InChI=1S/C11H20N2O4S/c14-5-9(15)6-18-7-10(16)13-11(17)12-8-3-1-2-4-8/h8-9,14-15H,1-7H2,(H2,12,13,16,17). The molecule has 1 aliphatic rings. The molecule has 18 heavy (non-hydrogen) atoms. The van der Waals surface area contributed by atoms with Crippen molar-refractivity contribution in [2.75, 3.05) is 18.1 Å². The van der Waals surface area contributed by atoms with Gasteiger partial charge in [0.2, 0.25) is 5.91 Å². The normalized spacial score (nSPS) is 17.4. The molecule has 4 N–H and O–H groups in total. The van der Waals surface area contributed by atoms with Gasteiger partial charge in [-0.25, -0.2) is 4.79 Å². The van der Waals surface area contributed by atoms with E-state index in [1.807, 2.05) is 0 Å². The van der Waals surface area contributed by atoms with Crippen LogP contribution in [0.5, 0.6) is 0 Å². The van der Waals surface area contributed by atoms with Gasteiger partial charge in [0.25, 0.3) is 0 Å². The van der Waals surface area contributed by atoms with Crippen LogP contribution in [0.3, 0.4) is 0 Å². The number of rotatable bonds is 6. The Kier molecular flexibility index (Phi) is 7.07. The van der Waals surface area contributed by atoms with E-state index in [9.17, 15) is 9.59 Å². The highest BCUT2D eigenvalue weighted by atomic mass is 32.2. The van der Waals surface area contributed by atoms with E-state index in [1.165, 1.54) is 11.8 Å². The molecule has 1 rings (SSSR count). The lowest BCUT2D eigenvalue weighted by atomic mass is 10.2. The maximum atomic E-state index is 11.4. The first-order valence-electron chi connectivity index (χ1n) is 6.09. The first-order valence-corrected chi connectivity index (χ1v) is 7.24. The smallest absolute Gasteiger partial charge is 0.321 e. The summed E-state index contributed by atoms with van der Waals surface area (Å²) in [6.07, 6.45) is 3.36. The summed E-state index contributed by atoms with van der Waals surface area (Å²) in [5, 5.41) is 22.6. The number of hydrogen-bond donors (Lipinski definition) is 4. The highest BCUT2D eigenvalue weighted by molar-refractivity contribution is 7.99. The quantitative estimate of drug-likeness (QED) is 0.540. The molecule has 1 aliphatic carbocycles. The molecule has 0 spiro atoms. The zero-order valence-electron chi connectivity index (χ0n) is 10.2. The zero-order chi connectivity index (χ0) is 13.4. The fourth-order valence-electron chi connectivity index (χ4n) is 1.79. The summed E-state index contributed by atoms with van der Waals surface area (Å²) in [6, 6.07) is -0.267. The number of thioether (sulfide) groups is 1. The van der Waals surface area contributed by atoms with Crippen LogP contribution in [0, 0.1) is 0 Å². The van der Waals surface area contributed by atoms with E-state index >= 15 is 0 Å². The minimum atomic E-state index is -0.824. The third-order valence-electron chi connectivity index (χ3n) is 2.70. The molecule has 0 aromatic rings. The molecule has 0 heterocycles. The van der Waals surface area contributed by atoms with Gasteiger partial charge in [-0.05, 0) is 12.8 Å². The first kappa shape index (κ1) is 15.3. The molecule has 1 fully saturated rings. The monoisotopic (exact) mass is 276 g/mol. The highest BCUT2D eigenvalue weighted by Crippen LogP contribution is 2.17. The van der Waals surface area contributed by atoms with E-state index in [0.29, 0.717) is 0 Å². The van der Waals surface area contributed by atoms with Gasteiger partial charge in [0.05, 0.1) is 18.5 Å². The number of aliphatic hydroxyl groups is 2. The predicted molar refractivity (Wildman–Crippen MR) is 69.3 cm³/mol. The highest BCUT2D eigenvalue weighted by Gasteiger charge is 2.18. The largest absolute Gasteiger partial charge is 0.394 e. The third-order valence-corrected chi connectivity index (χ3v) is 3.78. The van der Waals surface area contributed by atoms with E-state index in [2.05, 4.69) is 10.6 Å². The predicted octanol–water partition coefficient (Wildman–Crippen LogP) is -0.159. The molecule has 1 saturated carbocycles. The van der Waals surface area contributed by atoms with Crippen LogP contribution in [0.4, 0.5) is 4.79 Å². The van der Waals surface area contributed by atoms with Crippen molar-refractivity contribution < 1.29 is 19.8 Å². The van der Waals surface area contributed by atoms with Gasteiger partial charge in [-0.2, -0.15) is 0 Å². The van der Waals surface area contributed by atoms with Gasteiger partial charge in [0.1, 0.15) is 0 Å². The van der Waals surface area contributed by atoms with E-state index in [4.69, 9.17) is 10.2 Å².